The zero-order valence-electron chi connectivity index (χ0n) is 17.4. The van der Waals surface area contributed by atoms with Gasteiger partial charge < -0.3 is 15.0 Å². The monoisotopic (exact) mass is 450 g/mol. The Balaban J connectivity index is 2.04. The molecule has 0 saturated carbocycles. The van der Waals surface area contributed by atoms with Crippen LogP contribution in [0.3, 0.4) is 0 Å². The van der Waals surface area contributed by atoms with Crippen molar-refractivity contribution in [3.8, 4) is 5.75 Å². The number of halogens is 2. The molecular formula is C23H28Cl2N2O3. The molecule has 1 unspecified atom stereocenters. The Morgan fingerprint density at radius 2 is 1.77 bits per heavy atom. The normalized spacial score (nSPS) is 11.6. The predicted molar refractivity (Wildman–Crippen MR) is 121 cm³/mol. The van der Waals surface area contributed by atoms with Crippen LogP contribution in [0.25, 0.3) is 0 Å². The molecule has 30 heavy (non-hydrogen) atoms. The van der Waals surface area contributed by atoms with Crippen LogP contribution < -0.4 is 10.1 Å². The van der Waals surface area contributed by atoms with Crippen molar-refractivity contribution in [1.29, 1.82) is 0 Å². The molecule has 0 saturated heterocycles. The third-order valence-corrected chi connectivity index (χ3v) is 5.27. The van der Waals surface area contributed by atoms with E-state index in [1.54, 1.807) is 35.2 Å². The molecule has 0 radical (unpaired) electrons. The molecule has 1 atom stereocenters. The van der Waals surface area contributed by atoms with Gasteiger partial charge in [-0.15, -0.1) is 0 Å². The summed E-state index contributed by atoms with van der Waals surface area (Å²) in [6, 6.07) is 13.9. The Morgan fingerprint density at radius 3 is 2.40 bits per heavy atom. The number of nitrogens with one attached hydrogen (secondary N) is 1. The molecule has 0 fully saturated rings. The largest absolute Gasteiger partial charge is 0.494 e. The highest BCUT2D eigenvalue weighted by Crippen LogP contribution is 2.21. The van der Waals surface area contributed by atoms with Gasteiger partial charge in [-0.05, 0) is 55.7 Å². The van der Waals surface area contributed by atoms with Crippen molar-refractivity contribution in [2.45, 2.75) is 45.7 Å². The Hall–Kier alpha value is -2.24. The Bertz CT molecular complexity index is 827. The van der Waals surface area contributed by atoms with E-state index in [1.807, 2.05) is 32.0 Å². The van der Waals surface area contributed by atoms with E-state index < -0.39 is 6.04 Å². The zero-order chi connectivity index (χ0) is 21.9. The van der Waals surface area contributed by atoms with Crippen LogP contribution in [-0.2, 0) is 16.1 Å². The quantitative estimate of drug-likeness (QED) is 0.484. The lowest BCUT2D eigenvalue weighted by molar-refractivity contribution is -0.141. The van der Waals surface area contributed by atoms with Gasteiger partial charge in [0.15, 0.2) is 0 Å². The van der Waals surface area contributed by atoms with E-state index in [0.717, 1.165) is 5.56 Å². The SMILES string of the molecule is CCNC(=O)C(CC)N(Cc1ccccc1Cl)C(=O)CCCOc1ccc(Cl)cc1. The van der Waals surface area contributed by atoms with E-state index in [9.17, 15) is 9.59 Å². The number of rotatable bonds is 11. The molecule has 0 aliphatic rings. The smallest absolute Gasteiger partial charge is 0.242 e. The molecule has 0 bridgehead atoms. The van der Waals surface area contributed by atoms with Crippen LogP contribution in [0.1, 0.15) is 38.7 Å². The summed E-state index contributed by atoms with van der Waals surface area (Å²) in [5.41, 5.74) is 0.813. The van der Waals surface area contributed by atoms with E-state index in [-0.39, 0.29) is 24.8 Å². The fourth-order valence-corrected chi connectivity index (χ4v) is 3.43. The average Bonchev–Trinajstić information content (AvgIpc) is 2.73. The summed E-state index contributed by atoms with van der Waals surface area (Å²) in [6.07, 6.45) is 1.32. The Morgan fingerprint density at radius 1 is 1.07 bits per heavy atom. The minimum absolute atomic E-state index is 0.104. The number of hydrogen-bond donors (Lipinski definition) is 1. The maximum atomic E-state index is 13.1. The predicted octanol–water partition coefficient (Wildman–Crippen LogP) is 5.10. The third kappa shape index (κ3) is 7.22. The second-order valence-electron chi connectivity index (χ2n) is 6.84. The maximum Gasteiger partial charge on any atom is 0.242 e. The molecule has 2 aromatic carbocycles. The number of nitrogens with zero attached hydrogens (tertiary/aromatic N) is 1. The summed E-state index contributed by atoms with van der Waals surface area (Å²) in [6.45, 7) is 4.95. The maximum absolute atomic E-state index is 13.1. The summed E-state index contributed by atoms with van der Waals surface area (Å²) in [5.74, 6) is 0.444. The molecule has 5 nitrogen and oxygen atoms in total. The topological polar surface area (TPSA) is 58.6 Å². The van der Waals surface area contributed by atoms with Gasteiger partial charge in [0, 0.05) is 29.6 Å². The van der Waals surface area contributed by atoms with E-state index in [1.165, 1.54) is 0 Å². The number of benzene rings is 2. The first kappa shape index (κ1) is 24.0. The first-order valence-corrected chi connectivity index (χ1v) is 10.9. The van der Waals surface area contributed by atoms with Gasteiger partial charge in [-0.25, -0.2) is 0 Å². The highest BCUT2D eigenvalue weighted by molar-refractivity contribution is 6.31. The van der Waals surface area contributed by atoms with Crippen LogP contribution >= 0.6 is 23.2 Å². The van der Waals surface area contributed by atoms with Crippen molar-refractivity contribution >= 4 is 35.0 Å². The summed E-state index contributed by atoms with van der Waals surface area (Å²) in [7, 11) is 0. The van der Waals surface area contributed by atoms with Gasteiger partial charge in [-0.2, -0.15) is 0 Å². The van der Waals surface area contributed by atoms with Gasteiger partial charge in [-0.3, -0.25) is 9.59 Å². The molecule has 2 amide bonds. The highest BCUT2D eigenvalue weighted by atomic mass is 35.5. The molecule has 0 aromatic heterocycles. The van der Waals surface area contributed by atoms with Gasteiger partial charge in [0.05, 0.1) is 6.61 Å². The van der Waals surface area contributed by atoms with Crippen molar-refractivity contribution in [1.82, 2.24) is 10.2 Å². The number of hydrogen-bond acceptors (Lipinski definition) is 3. The molecule has 7 heteroatoms. The van der Waals surface area contributed by atoms with Crippen LogP contribution in [0.15, 0.2) is 48.5 Å². The Labute approximate surface area is 188 Å². The lowest BCUT2D eigenvalue weighted by Gasteiger charge is -2.31. The minimum Gasteiger partial charge on any atom is -0.494 e. The first-order valence-electron chi connectivity index (χ1n) is 10.1. The highest BCUT2D eigenvalue weighted by Gasteiger charge is 2.28. The van der Waals surface area contributed by atoms with Gasteiger partial charge in [0.2, 0.25) is 11.8 Å². The lowest BCUT2D eigenvalue weighted by atomic mass is 10.1. The second-order valence-corrected chi connectivity index (χ2v) is 7.68. The molecule has 162 valence electrons. The van der Waals surface area contributed by atoms with Crippen LogP contribution in [0.2, 0.25) is 10.0 Å². The van der Waals surface area contributed by atoms with Crippen molar-refractivity contribution in [3.63, 3.8) is 0 Å². The second kappa shape index (κ2) is 12.5. The number of ether oxygens (including phenoxy) is 1. The molecule has 1 N–H and O–H groups in total. The zero-order valence-corrected chi connectivity index (χ0v) is 18.9. The number of likely N-dealkylation sites (N-methyl/N-ethyl adjacent to an activating group) is 1. The van der Waals surface area contributed by atoms with Gasteiger partial charge in [0.25, 0.3) is 0 Å². The van der Waals surface area contributed by atoms with Gasteiger partial charge >= 0.3 is 0 Å². The minimum atomic E-state index is -0.550. The van der Waals surface area contributed by atoms with Crippen molar-refractivity contribution in [2.24, 2.45) is 0 Å². The third-order valence-electron chi connectivity index (χ3n) is 4.65. The summed E-state index contributed by atoms with van der Waals surface area (Å²) < 4.78 is 5.67. The van der Waals surface area contributed by atoms with Crippen LogP contribution in [-0.4, -0.2) is 35.9 Å². The molecular weight excluding hydrogens is 423 g/mol. The van der Waals surface area contributed by atoms with Crippen molar-refractivity contribution in [3.05, 3.63) is 64.1 Å². The molecule has 0 heterocycles. The van der Waals surface area contributed by atoms with E-state index in [4.69, 9.17) is 27.9 Å². The molecule has 0 spiro atoms. The van der Waals surface area contributed by atoms with Crippen LogP contribution in [0.4, 0.5) is 0 Å². The summed E-state index contributed by atoms with van der Waals surface area (Å²) >= 11 is 12.2. The number of amides is 2. The van der Waals surface area contributed by atoms with Crippen LogP contribution in [0, 0.1) is 0 Å². The van der Waals surface area contributed by atoms with Gasteiger partial charge in [-0.1, -0.05) is 48.3 Å². The van der Waals surface area contributed by atoms with Crippen LogP contribution in [0.5, 0.6) is 5.75 Å². The van der Waals surface area contributed by atoms with Crippen molar-refractivity contribution < 1.29 is 14.3 Å². The molecule has 2 rings (SSSR count). The first-order chi connectivity index (χ1) is 14.5. The van der Waals surface area contributed by atoms with E-state index in [2.05, 4.69) is 5.32 Å². The fraction of sp³-hybridized carbons (Fsp3) is 0.391. The molecule has 0 aliphatic heterocycles. The Kier molecular flexibility index (Phi) is 9.98. The van der Waals surface area contributed by atoms with Crippen molar-refractivity contribution in [2.75, 3.05) is 13.2 Å². The standard InChI is InChI=1S/C23H28Cl2N2O3/c1-3-21(23(29)26-4-2)27(16-17-8-5-6-9-20(17)25)22(28)10-7-15-30-19-13-11-18(24)12-14-19/h5-6,8-9,11-14,21H,3-4,7,10,15-16H2,1-2H3,(H,26,29). The number of carbonyl (C=O) groups excluding carboxylic acids is 2. The van der Waals surface area contributed by atoms with Gasteiger partial charge in [0.1, 0.15) is 11.8 Å². The van der Waals surface area contributed by atoms with E-state index in [0.29, 0.717) is 41.8 Å². The molecule has 2 aromatic rings. The lowest BCUT2D eigenvalue weighted by Crippen LogP contribution is -2.49. The molecule has 0 aliphatic carbocycles. The van der Waals surface area contributed by atoms with E-state index >= 15 is 0 Å². The number of carbonyl (C=O) groups is 2. The average molecular weight is 451 g/mol. The fourth-order valence-electron chi connectivity index (χ4n) is 3.11. The summed E-state index contributed by atoms with van der Waals surface area (Å²) in [4.78, 5) is 27.2. The summed E-state index contributed by atoms with van der Waals surface area (Å²) in [5, 5.41) is 4.04.